The van der Waals surface area contributed by atoms with Gasteiger partial charge in [-0.25, -0.2) is 13.1 Å². The van der Waals surface area contributed by atoms with Crippen LogP contribution in [0.3, 0.4) is 0 Å². The second-order valence-electron chi connectivity index (χ2n) is 6.15. The Morgan fingerprint density at radius 2 is 1.50 bits per heavy atom. The van der Waals surface area contributed by atoms with E-state index in [0.29, 0.717) is 29.4 Å². The number of nitrogens with one attached hydrogen (secondary N) is 2. The monoisotopic (exact) mass is 438 g/mol. The third-order valence-electron chi connectivity index (χ3n) is 4.22. The summed E-state index contributed by atoms with van der Waals surface area (Å²) in [5, 5.41) is 3.11. The number of ether oxygens (including phenoxy) is 4. The van der Waals surface area contributed by atoms with Gasteiger partial charge in [-0.15, -0.1) is 0 Å². The van der Waals surface area contributed by atoms with E-state index in [1.807, 2.05) is 0 Å². The van der Waals surface area contributed by atoms with Crippen molar-refractivity contribution in [3.8, 4) is 17.2 Å². The van der Waals surface area contributed by atoms with Gasteiger partial charge in [0, 0.05) is 37.0 Å². The maximum absolute atomic E-state index is 12.8. The molecule has 2 aromatic rings. The topological polar surface area (TPSA) is 112 Å². The number of hydrogen-bond donors (Lipinski definition) is 2. The molecule has 2 aromatic carbocycles. The van der Waals surface area contributed by atoms with Gasteiger partial charge < -0.3 is 24.3 Å². The lowest BCUT2D eigenvalue weighted by Gasteiger charge is -2.14. The number of rotatable bonds is 11. The van der Waals surface area contributed by atoms with Crippen molar-refractivity contribution in [2.45, 2.75) is 11.3 Å². The van der Waals surface area contributed by atoms with Gasteiger partial charge in [0.05, 0.1) is 39.8 Å². The number of esters is 1. The standard InChI is InChI=1S/C20H26N2O7S/c1-26-16-5-6-19(14(9-16)10-20(23)29-4)30(24,25)22-8-7-21-15-11-17(27-2)13-18(12-15)28-3/h5-6,9,11-13,21-22H,7-8,10H2,1-4H3. The molecule has 10 heteroatoms. The van der Waals surface area contributed by atoms with Crippen LogP contribution >= 0.6 is 0 Å². The zero-order valence-corrected chi connectivity index (χ0v) is 18.2. The summed E-state index contributed by atoms with van der Waals surface area (Å²) in [5.41, 5.74) is 1.01. The first kappa shape index (κ1) is 23.3. The van der Waals surface area contributed by atoms with E-state index < -0.39 is 16.0 Å². The maximum Gasteiger partial charge on any atom is 0.310 e. The number of methoxy groups -OCH3 is 4. The van der Waals surface area contributed by atoms with Gasteiger partial charge in [0.25, 0.3) is 0 Å². The number of carbonyl (C=O) groups excluding carboxylic acids is 1. The number of anilines is 1. The molecule has 0 radical (unpaired) electrons. The van der Waals surface area contributed by atoms with Gasteiger partial charge in [-0.1, -0.05) is 0 Å². The summed E-state index contributed by atoms with van der Waals surface area (Å²) in [6.45, 7) is 0.434. The third-order valence-corrected chi connectivity index (χ3v) is 5.78. The van der Waals surface area contributed by atoms with Crippen LogP contribution in [0.2, 0.25) is 0 Å². The van der Waals surface area contributed by atoms with Gasteiger partial charge in [-0.3, -0.25) is 4.79 Å². The van der Waals surface area contributed by atoms with Crippen molar-refractivity contribution in [2.75, 3.05) is 46.8 Å². The number of benzene rings is 2. The Morgan fingerprint density at radius 1 is 0.867 bits per heavy atom. The first-order valence-corrected chi connectivity index (χ1v) is 10.5. The predicted molar refractivity (Wildman–Crippen MR) is 112 cm³/mol. The van der Waals surface area contributed by atoms with Gasteiger partial charge in [-0.2, -0.15) is 0 Å². The molecular formula is C20H26N2O7S. The zero-order chi connectivity index (χ0) is 22.1. The van der Waals surface area contributed by atoms with Crippen molar-refractivity contribution in [3.63, 3.8) is 0 Å². The van der Waals surface area contributed by atoms with E-state index in [1.165, 1.54) is 32.4 Å². The smallest absolute Gasteiger partial charge is 0.310 e. The summed E-state index contributed by atoms with van der Waals surface area (Å²) < 4.78 is 48.3. The van der Waals surface area contributed by atoms with E-state index in [9.17, 15) is 13.2 Å². The average molecular weight is 439 g/mol. The van der Waals surface area contributed by atoms with Crippen LogP contribution in [0.1, 0.15) is 5.56 Å². The highest BCUT2D eigenvalue weighted by Gasteiger charge is 2.20. The molecule has 0 saturated carbocycles. The Kier molecular flexibility index (Phi) is 8.31. The largest absolute Gasteiger partial charge is 0.497 e. The Labute approximate surface area is 176 Å². The molecule has 0 bridgehead atoms. The predicted octanol–water partition coefficient (Wildman–Crippen LogP) is 1.82. The van der Waals surface area contributed by atoms with Crippen molar-refractivity contribution < 1.29 is 32.2 Å². The molecule has 0 aliphatic carbocycles. The van der Waals surface area contributed by atoms with Crippen LogP contribution in [0.4, 0.5) is 5.69 Å². The van der Waals surface area contributed by atoms with Gasteiger partial charge in [0.15, 0.2) is 0 Å². The minimum absolute atomic E-state index is 0.00301. The summed E-state index contributed by atoms with van der Waals surface area (Å²) in [7, 11) is 1.95. The Hall–Kier alpha value is -2.98. The fourth-order valence-electron chi connectivity index (χ4n) is 2.69. The van der Waals surface area contributed by atoms with Crippen LogP contribution in [0.15, 0.2) is 41.3 Å². The highest BCUT2D eigenvalue weighted by molar-refractivity contribution is 7.89. The quantitative estimate of drug-likeness (QED) is 0.404. The SMILES string of the molecule is COC(=O)Cc1cc(OC)ccc1S(=O)(=O)NCCNc1cc(OC)cc(OC)c1. The molecule has 0 amide bonds. The van der Waals surface area contributed by atoms with Crippen molar-refractivity contribution >= 4 is 21.7 Å². The van der Waals surface area contributed by atoms with E-state index in [4.69, 9.17) is 14.2 Å². The van der Waals surface area contributed by atoms with Crippen LogP contribution in [0, 0.1) is 0 Å². The molecule has 9 nitrogen and oxygen atoms in total. The molecule has 0 aliphatic rings. The second kappa shape index (κ2) is 10.7. The highest BCUT2D eigenvalue weighted by atomic mass is 32.2. The maximum atomic E-state index is 12.8. The molecule has 0 unspecified atom stereocenters. The lowest BCUT2D eigenvalue weighted by Crippen LogP contribution is -2.30. The molecule has 0 spiro atoms. The van der Waals surface area contributed by atoms with Gasteiger partial charge in [0.1, 0.15) is 17.2 Å². The fraction of sp³-hybridized carbons (Fsp3) is 0.350. The van der Waals surface area contributed by atoms with E-state index in [1.54, 1.807) is 32.4 Å². The molecule has 0 aromatic heterocycles. The van der Waals surface area contributed by atoms with Crippen molar-refractivity contribution in [1.29, 1.82) is 0 Å². The van der Waals surface area contributed by atoms with E-state index in [-0.39, 0.29) is 17.9 Å². The second-order valence-corrected chi connectivity index (χ2v) is 7.89. The van der Waals surface area contributed by atoms with Gasteiger partial charge in [0.2, 0.25) is 10.0 Å². The van der Waals surface area contributed by atoms with Crippen LogP contribution in [-0.2, 0) is 26.0 Å². The normalized spacial score (nSPS) is 10.9. The highest BCUT2D eigenvalue weighted by Crippen LogP contribution is 2.26. The fourth-order valence-corrected chi connectivity index (χ4v) is 3.94. The van der Waals surface area contributed by atoms with E-state index in [2.05, 4.69) is 14.8 Å². The minimum atomic E-state index is -3.85. The molecule has 0 heterocycles. The van der Waals surface area contributed by atoms with Crippen molar-refractivity contribution in [1.82, 2.24) is 4.72 Å². The number of hydrogen-bond acceptors (Lipinski definition) is 8. The first-order chi connectivity index (χ1) is 14.3. The molecule has 2 rings (SSSR count). The minimum Gasteiger partial charge on any atom is -0.497 e. The van der Waals surface area contributed by atoms with Crippen LogP contribution in [0.5, 0.6) is 17.2 Å². The summed E-state index contributed by atoms with van der Waals surface area (Å²) in [5.74, 6) is 1.13. The summed E-state index contributed by atoms with van der Waals surface area (Å²) in [6.07, 6.45) is -0.189. The van der Waals surface area contributed by atoms with Crippen LogP contribution in [-0.4, -0.2) is 55.9 Å². The summed E-state index contributed by atoms with van der Waals surface area (Å²) in [4.78, 5) is 11.7. The average Bonchev–Trinajstić information content (AvgIpc) is 2.76. The Morgan fingerprint density at radius 3 is 2.07 bits per heavy atom. The summed E-state index contributed by atoms with van der Waals surface area (Å²) in [6, 6.07) is 9.71. The first-order valence-electron chi connectivity index (χ1n) is 9.03. The molecule has 0 fully saturated rings. The van der Waals surface area contributed by atoms with Crippen molar-refractivity contribution in [2.24, 2.45) is 0 Å². The molecule has 30 heavy (non-hydrogen) atoms. The van der Waals surface area contributed by atoms with Crippen LogP contribution in [0.25, 0.3) is 0 Å². The van der Waals surface area contributed by atoms with Crippen molar-refractivity contribution in [3.05, 3.63) is 42.0 Å². The third kappa shape index (κ3) is 6.26. The van der Waals surface area contributed by atoms with Crippen LogP contribution < -0.4 is 24.2 Å². The van der Waals surface area contributed by atoms with E-state index in [0.717, 1.165) is 5.69 Å². The number of carbonyl (C=O) groups is 1. The molecule has 164 valence electrons. The van der Waals surface area contributed by atoms with Gasteiger partial charge >= 0.3 is 5.97 Å². The summed E-state index contributed by atoms with van der Waals surface area (Å²) >= 11 is 0. The lowest BCUT2D eigenvalue weighted by atomic mass is 10.1. The van der Waals surface area contributed by atoms with E-state index >= 15 is 0 Å². The Bertz CT molecular complexity index is 955. The molecule has 2 N–H and O–H groups in total. The van der Waals surface area contributed by atoms with Gasteiger partial charge in [-0.05, 0) is 23.8 Å². The zero-order valence-electron chi connectivity index (χ0n) is 17.4. The molecule has 0 aliphatic heterocycles. The molecule has 0 saturated heterocycles. The number of sulfonamides is 1. The molecule has 0 atom stereocenters. The molecular weight excluding hydrogens is 412 g/mol. The lowest BCUT2D eigenvalue weighted by molar-refractivity contribution is -0.139. The Balaban J connectivity index is 2.07.